The van der Waals surface area contributed by atoms with E-state index in [2.05, 4.69) is 15.2 Å². The van der Waals surface area contributed by atoms with Crippen molar-refractivity contribution in [3.8, 4) is 11.5 Å². The van der Waals surface area contributed by atoms with Gasteiger partial charge >= 0.3 is 0 Å². The number of rotatable bonds is 3. The van der Waals surface area contributed by atoms with Crippen molar-refractivity contribution in [2.24, 2.45) is 7.05 Å². The number of benzene rings is 2. The number of fused-ring (bicyclic) bond motifs is 3. The first-order chi connectivity index (χ1) is 14.1. The molecule has 2 aliphatic heterocycles. The van der Waals surface area contributed by atoms with Crippen LogP contribution in [0.15, 0.2) is 42.7 Å². The Balaban J connectivity index is 1.41. The number of amides is 1. The van der Waals surface area contributed by atoms with Crippen molar-refractivity contribution in [2.45, 2.75) is 25.1 Å². The molecule has 1 saturated heterocycles. The maximum atomic E-state index is 12.9. The predicted molar refractivity (Wildman–Crippen MR) is 109 cm³/mol. The normalized spacial score (nSPS) is 18.3. The topological polar surface area (TPSA) is 68.6 Å². The zero-order valence-corrected chi connectivity index (χ0v) is 16.6. The van der Waals surface area contributed by atoms with E-state index < -0.39 is 5.72 Å². The molecule has 150 valence electrons. The lowest BCUT2D eigenvalue weighted by Gasteiger charge is -2.44. The molecule has 0 unspecified atom stereocenters. The molecule has 1 aromatic heterocycles. The summed E-state index contributed by atoms with van der Waals surface area (Å²) in [5.41, 5.74) is -0.0913. The number of ether oxygens (including phenoxy) is 2. The lowest BCUT2D eigenvalue weighted by Crippen LogP contribution is -2.61. The van der Waals surface area contributed by atoms with Gasteiger partial charge in [-0.1, -0.05) is 12.1 Å². The summed E-state index contributed by atoms with van der Waals surface area (Å²) in [4.78, 5) is 19.7. The third-order valence-electron chi connectivity index (χ3n) is 6.01. The number of methoxy groups -OCH3 is 1. The zero-order valence-electron chi connectivity index (χ0n) is 16.6. The number of hydrogen-bond donors (Lipinski definition) is 1. The number of carbonyl (C=O) groups excluding carboxylic acids is 1. The third kappa shape index (κ3) is 3.11. The van der Waals surface area contributed by atoms with E-state index in [1.807, 2.05) is 54.3 Å². The van der Waals surface area contributed by atoms with Crippen molar-refractivity contribution in [3.63, 3.8) is 0 Å². The van der Waals surface area contributed by atoms with Gasteiger partial charge in [0.25, 0.3) is 5.91 Å². The molecule has 1 spiro atoms. The van der Waals surface area contributed by atoms with E-state index in [1.165, 1.54) is 0 Å². The summed E-state index contributed by atoms with van der Waals surface area (Å²) >= 11 is 0. The largest absolute Gasteiger partial charge is 0.497 e. The van der Waals surface area contributed by atoms with E-state index in [1.54, 1.807) is 7.11 Å². The fraction of sp³-hybridized carbons (Fsp3) is 0.364. The van der Waals surface area contributed by atoms with Crippen LogP contribution in [0.5, 0.6) is 11.5 Å². The van der Waals surface area contributed by atoms with Crippen molar-refractivity contribution in [1.29, 1.82) is 0 Å². The Morgan fingerprint density at radius 3 is 2.76 bits per heavy atom. The molecule has 5 rings (SSSR count). The highest BCUT2D eigenvalue weighted by Gasteiger charge is 2.43. The summed E-state index contributed by atoms with van der Waals surface area (Å²) in [6.07, 6.45) is 5.23. The minimum absolute atomic E-state index is 0.0754. The van der Waals surface area contributed by atoms with Crippen molar-refractivity contribution >= 4 is 16.7 Å². The Hall–Kier alpha value is -3.06. The maximum Gasteiger partial charge on any atom is 0.258 e. The summed E-state index contributed by atoms with van der Waals surface area (Å²) < 4.78 is 13.9. The Morgan fingerprint density at radius 1 is 1.24 bits per heavy atom. The maximum absolute atomic E-state index is 12.9. The molecule has 0 aliphatic carbocycles. The van der Waals surface area contributed by atoms with Crippen LogP contribution < -0.4 is 14.8 Å². The standard InChI is InChI=1S/C22H24N4O3/c1-25-12-9-23-19(25)14-26-10-7-22(8-11-26)24-21(27)17-6-4-15-3-5-16(28-2)13-18(15)20(17)29-22/h3-6,9,12-13H,7-8,10-11,14H2,1-2H3,(H,24,27). The fourth-order valence-electron chi connectivity index (χ4n) is 4.23. The molecular formula is C22H24N4O3. The summed E-state index contributed by atoms with van der Waals surface area (Å²) in [6, 6.07) is 9.64. The number of aryl methyl sites for hydroxylation is 1. The first kappa shape index (κ1) is 18.0. The molecule has 0 bridgehead atoms. The quantitative estimate of drug-likeness (QED) is 0.742. The van der Waals surface area contributed by atoms with Crippen molar-refractivity contribution in [1.82, 2.24) is 19.8 Å². The average molecular weight is 392 g/mol. The SMILES string of the molecule is COc1ccc2ccc3c(c2c1)OC1(CCN(Cc2nccn2C)CC1)NC3=O. The van der Waals surface area contributed by atoms with Gasteiger partial charge in [-0.3, -0.25) is 9.69 Å². The van der Waals surface area contributed by atoms with Gasteiger partial charge in [-0.05, 0) is 23.6 Å². The van der Waals surface area contributed by atoms with E-state index in [9.17, 15) is 4.79 Å². The first-order valence-corrected chi connectivity index (χ1v) is 9.88. The van der Waals surface area contributed by atoms with Crippen LogP contribution in [-0.2, 0) is 13.6 Å². The van der Waals surface area contributed by atoms with Crippen molar-refractivity contribution < 1.29 is 14.3 Å². The third-order valence-corrected chi connectivity index (χ3v) is 6.01. The lowest BCUT2D eigenvalue weighted by atomic mass is 9.95. The van der Waals surface area contributed by atoms with Gasteiger partial charge in [0.2, 0.25) is 0 Å². The molecule has 0 radical (unpaired) electrons. The molecule has 29 heavy (non-hydrogen) atoms. The van der Waals surface area contributed by atoms with E-state index in [0.29, 0.717) is 11.3 Å². The second-order valence-corrected chi connectivity index (χ2v) is 7.81. The summed E-state index contributed by atoms with van der Waals surface area (Å²) in [5, 5.41) is 5.07. The first-order valence-electron chi connectivity index (χ1n) is 9.88. The van der Waals surface area contributed by atoms with Gasteiger partial charge in [0.15, 0.2) is 5.72 Å². The molecule has 0 saturated carbocycles. The van der Waals surface area contributed by atoms with Crippen LogP contribution in [0.25, 0.3) is 10.8 Å². The molecule has 1 amide bonds. The molecule has 0 atom stereocenters. The van der Waals surface area contributed by atoms with Crippen LogP contribution in [-0.4, -0.2) is 46.3 Å². The minimum atomic E-state index is -0.667. The Labute approximate surface area is 169 Å². The summed E-state index contributed by atoms with van der Waals surface area (Å²) in [5.74, 6) is 2.37. The van der Waals surface area contributed by atoms with Gasteiger partial charge in [0.1, 0.15) is 17.3 Å². The van der Waals surface area contributed by atoms with E-state index in [0.717, 1.165) is 54.8 Å². The highest BCUT2D eigenvalue weighted by Crippen LogP contribution is 2.39. The number of aromatic nitrogens is 2. The Bertz CT molecular complexity index is 1080. The van der Waals surface area contributed by atoms with Crippen LogP contribution >= 0.6 is 0 Å². The van der Waals surface area contributed by atoms with Crippen LogP contribution in [0.3, 0.4) is 0 Å². The van der Waals surface area contributed by atoms with E-state index in [-0.39, 0.29) is 5.91 Å². The van der Waals surface area contributed by atoms with Crippen molar-refractivity contribution in [3.05, 3.63) is 54.1 Å². The van der Waals surface area contributed by atoms with Gasteiger partial charge in [0, 0.05) is 50.8 Å². The van der Waals surface area contributed by atoms with Crippen LogP contribution in [0, 0.1) is 0 Å². The molecular weight excluding hydrogens is 368 g/mol. The number of nitrogens with zero attached hydrogens (tertiary/aromatic N) is 3. The molecule has 7 heteroatoms. The van der Waals surface area contributed by atoms with Gasteiger partial charge in [-0.25, -0.2) is 4.98 Å². The van der Waals surface area contributed by atoms with Crippen LogP contribution in [0.4, 0.5) is 0 Å². The Morgan fingerprint density at radius 2 is 2.03 bits per heavy atom. The van der Waals surface area contributed by atoms with E-state index in [4.69, 9.17) is 9.47 Å². The number of hydrogen-bond acceptors (Lipinski definition) is 5. The van der Waals surface area contributed by atoms with Crippen LogP contribution in [0.2, 0.25) is 0 Å². The molecule has 3 aromatic rings. The molecule has 2 aromatic carbocycles. The Kier molecular flexibility index (Phi) is 4.20. The summed E-state index contributed by atoms with van der Waals surface area (Å²) in [6.45, 7) is 2.46. The number of carbonyl (C=O) groups is 1. The monoisotopic (exact) mass is 392 g/mol. The predicted octanol–water partition coefficient (Wildman–Crippen LogP) is 2.70. The van der Waals surface area contributed by atoms with Crippen molar-refractivity contribution in [2.75, 3.05) is 20.2 Å². The second kappa shape index (κ2) is 6.77. The highest BCUT2D eigenvalue weighted by molar-refractivity contribution is 6.05. The highest BCUT2D eigenvalue weighted by atomic mass is 16.5. The fourth-order valence-corrected chi connectivity index (χ4v) is 4.23. The van der Waals surface area contributed by atoms with Crippen LogP contribution in [0.1, 0.15) is 29.0 Å². The molecule has 1 fully saturated rings. The zero-order chi connectivity index (χ0) is 20.0. The number of imidazole rings is 1. The number of nitrogens with one attached hydrogen (secondary N) is 1. The smallest absolute Gasteiger partial charge is 0.258 e. The van der Waals surface area contributed by atoms with Gasteiger partial charge in [0.05, 0.1) is 19.2 Å². The lowest BCUT2D eigenvalue weighted by molar-refractivity contribution is -0.0299. The molecule has 1 N–H and O–H groups in total. The van der Waals surface area contributed by atoms with Gasteiger partial charge in [-0.2, -0.15) is 0 Å². The van der Waals surface area contributed by atoms with E-state index >= 15 is 0 Å². The number of likely N-dealkylation sites (tertiary alicyclic amines) is 1. The number of piperidine rings is 1. The molecule has 7 nitrogen and oxygen atoms in total. The molecule has 2 aliphatic rings. The second-order valence-electron chi connectivity index (χ2n) is 7.81. The minimum Gasteiger partial charge on any atom is -0.497 e. The molecule has 3 heterocycles. The van der Waals surface area contributed by atoms with Gasteiger partial charge in [-0.15, -0.1) is 0 Å². The van der Waals surface area contributed by atoms with Gasteiger partial charge < -0.3 is 19.4 Å². The summed E-state index contributed by atoms with van der Waals surface area (Å²) in [7, 11) is 3.65. The average Bonchev–Trinajstić information content (AvgIpc) is 3.14.